The van der Waals surface area contributed by atoms with Crippen LogP contribution in [0.15, 0.2) is 34.1 Å². The van der Waals surface area contributed by atoms with Gasteiger partial charge in [-0.1, -0.05) is 23.2 Å². The fraction of sp³-hybridized carbons (Fsp3) is 0.231. The maximum absolute atomic E-state index is 6.24. The van der Waals surface area contributed by atoms with Gasteiger partial charge in [-0.2, -0.15) is 0 Å². The van der Waals surface area contributed by atoms with Crippen LogP contribution in [0.3, 0.4) is 0 Å². The van der Waals surface area contributed by atoms with Crippen molar-refractivity contribution in [3.05, 3.63) is 54.6 Å². The second kappa shape index (κ2) is 6.40. The van der Waals surface area contributed by atoms with Crippen molar-refractivity contribution in [2.24, 2.45) is 0 Å². The van der Waals surface area contributed by atoms with Crippen molar-refractivity contribution in [1.82, 2.24) is 5.32 Å². The molecule has 1 atom stereocenters. The highest BCUT2D eigenvalue weighted by Crippen LogP contribution is 2.32. The van der Waals surface area contributed by atoms with E-state index >= 15 is 0 Å². The Kier molecular flexibility index (Phi) is 5.10. The second-order valence-corrected chi connectivity index (χ2v) is 6.60. The molecule has 1 aromatic heterocycles. The summed E-state index contributed by atoms with van der Waals surface area (Å²) in [5.41, 5.74) is 1.03. The molecule has 1 unspecified atom stereocenters. The number of benzene rings is 1. The molecule has 5 heteroatoms. The number of halogens is 3. The van der Waals surface area contributed by atoms with Crippen LogP contribution in [0.4, 0.5) is 0 Å². The Morgan fingerprint density at radius 2 is 2.11 bits per heavy atom. The molecule has 2 rings (SSSR count). The van der Waals surface area contributed by atoms with Gasteiger partial charge in [-0.3, -0.25) is 0 Å². The third-order valence-electron chi connectivity index (χ3n) is 2.76. The molecule has 0 spiro atoms. The van der Waals surface area contributed by atoms with Crippen LogP contribution in [0.5, 0.6) is 0 Å². The summed E-state index contributed by atoms with van der Waals surface area (Å²) >= 11 is 17.6. The van der Waals surface area contributed by atoms with E-state index in [1.807, 2.05) is 19.2 Å². The third-order valence-corrected chi connectivity index (χ3v) is 5.29. The van der Waals surface area contributed by atoms with E-state index in [-0.39, 0.29) is 6.04 Å². The van der Waals surface area contributed by atoms with Gasteiger partial charge in [0.05, 0.1) is 0 Å². The Hall–Kier alpha value is -0.0600. The monoisotopic (exact) mass is 363 g/mol. The fourth-order valence-electron chi connectivity index (χ4n) is 1.81. The summed E-state index contributed by atoms with van der Waals surface area (Å²) in [5, 5.41) is 6.82. The normalized spacial score (nSPS) is 12.7. The summed E-state index contributed by atoms with van der Waals surface area (Å²) in [6.07, 6.45) is 0.884. The zero-order valence-electron chi connectivity index (χ0n) is 9.71. The quantitative estimate of drug-likeness (QED) is 0.773. The molecule has 96 valence electrons. The van der Waals surface area contributed by atoms with Gasteiger partial charge in [0, 0.05) is 31.9 Å². The van der Waals surface area contributed by atoms with E-state index in [9.17, 15) is 0 Å². The molecule has 1 N–H and O–H groups in total. The summed E-state index contributed by atoms with van der Waals surface area (Å²) in [5.74, 6) is 0. The lowest BCUT2D eigenvalue weighted by molar-refractivity contribution is 0.596. The zero-order chi connectivity index (χ0) is 13.1. The highest BCUT2D eigenvalue weighted by Gasteiger charge is 2.16. The van der Waals surface area contributed by atoms with E-state index in [4.69, 9.17) is 23.2 Å². The molecule has 0 aliphatic rings. The van der Waals surface area contributed by atoms with E-state index < -0.39 is 0 Å². The van der Waals surface area contributed by atoms with Crippen LogP contribution in [0, 0.1) is 0 Å². The minimum atomic E-state index is 0.158. The molecule has 0 aliphatic heterocycles. The Bertz CT molecular complexity index is 542. The molecule has 1 heterocycles. The van der Waals surface area contributed by atoms with Crippen LogP contribution in [0.1, 0.15) is 16.5 Å². The Morgan fingerprint density at radius 3 is 2.72 bits per heavy atom. The maximum Gasteiger partial charge on any atom is 0.0454 e. The molecule has 0 saturated heterocycles. The number of hydrogen-bond acceptors (Lipinski definition) is 2. The first-order valence-electron chi connectivity index (χ1n) is 5.46. The lowest BCUT2D eigenvalue weighted by Crippen LogP contribution is -2.19. The van der Waals surface area contributed by atoms with Crippen molar-refractivity contribution in [2.75, 3.05) is 7.05 Å². The average Bonchev–Trinajstić information content (AvgIpc) is 2.75. The van der Waals surface area contributed by atoms with Gasteiger partial charge in [0.2, 0.25) is 0 Å². The molecule has 0 bridgehead atoms. The predicted molar refractivity (Wildman–Crippen MR) is 84.0 cm³/mol. The Balaban J connectivity index is 2.28. The predicted octanol–water partition coefficient (Wildman–Crippen LogP) is 5.32. The van der Waals surface area contributed by atoms with Crippen LogP contribution in [-0.4, -0.2) is 7.05 Å². The highest BCUT2D eigenvalue weighted by atomic mass is 79.9. The van der Waals surface area contributed by atoms with Crippen molar-refractivity contribution < 1.29 is 0 Å². The van der Waals surface area contributed by atoms with Gasteiger partial charge < -0.3 is 5.32 Å². The second-order valence-electron chi connectivity index (χ2n) is 3.90. The number of hydrogen-bond donors (Lipinski definition) is 1. The Morgan fingerprint density at radius 1 is 1.33 bits per heavy atom. The molecule has 0 aliphatic carbocycles. The summed E-state index contributed by atoms with van der Waals surface area (Å²) in [4.78, 5) is 1.30. The van der Waals surface area contributed by atoms with Gasteiger partial charge in [-0.15, -0.1) is 11.3 Å². The van der Waals surface area contributed by atoms with Crippen molar-refractivity contribution >= 4 is 50.5 Å². The standard InChI is InChI=1S/C13H12BrCl2NS/c1-17-12(7-13-10(14)4-5-18-13)9-6-8(15)2-3-11(9)16/h2-6,12,17H,7H2,1H3. The number of nitrogens with one attached hydrogen (secondary N) is 1. The molecule has 0 radical (unpaired) electrons. The molecule has 0 saturated carbocycles. The van der Waals surface area contributed by atoms with E-state index in [0.29, 0.717) is 5.02 Å². The Labute approximate surface area is 129 Å². The number of rotatable bonds is 4. The van der Waals surface area contributed by atoms with Crippen molar-refractivity contribution in [2.45, 2.75) is 12.5 Å². The molecule has 2 aromatic rings. The lowest BCUT2D eigenvalue weighted by atomic mass is 10.0. The van der Waals surface area contributed by atoms with Gasteiger partial charge in [0.15, 0.2) is 0 Å². The highest BCUT2D eigenvalue weighted by molar-refractivity contribution is 9.10. The van der Waals surface area contributed by atoms with Crippen molar-refractivity contribution in [3.63, 3.8) is 0 Å². The molecular weight excluding hydrogens is 353 g/mol. The average molecular weight is 365 g/mol. The zero-order valence-corrected chi connectivity index (χ0v) is 13.6. The minimum absolute atomic E-state index is 0.158. The first kappa shape index (κ1) is 14.4. The summed E-state index contributed by atoms with van der Waals surface area (Å²) < 4.78 is 1.14. The largest absolute Gasteiger partial charge is 0.313 e. The van der Waals surface area contributed by atoms with Gasteiger partial charge in [-0.05, 0) is 58.2 Å². The molecule has 1 aromatic carbocycles. The van der Waals surface area contributed by atoms with Crippen molar-refractivity contribution in [3.8, 4) is 0 Å². The summed E-state index contributed by atoms with van der Waals surface area (Å²) in [7, 11) is 1.93. The third kappa shape index (κ3) is 3.28. The van der Waals surface area contributed by atoms with E-state index in [1.54, 1.807) is 17.4 Å². The molecular formula is C13H12BrCl2NS. The van der Waals surface area contributed by atoms with Crippen molar-refractivity contribution in [1.29, 1.82) is 0 Å². The first-order chi connectivity index (χ1) is 8.61. The van der Waals surface area contributed by atoms with Gasteiger partial charge in [-0.25, -0.2) is 0 Å². The number of likely N-dealkylation sites (N-methyl/N-ethyl adjacent to an activating group) is 1. The fourth-order valence-corrected chi connectivity index (χ4v) is 3.80. The number of thiophene rings is 1. The lowest BCUT2D eigenvalue weighted by Gasteiger charge is -2.18. The van der Waals surface area contributed by atoms with Gasteiger partial charge in [0.1, 0.15) is 0 Å². The smallest absolute Gasteiger partial charge is 0.0454 e. The molecule has 18 heavy (non-hydrogen) atoms. The summed E-state index contributed by atoms with van der Waals surface area (Å²) in [6, 6.07) is 7.79. The van der Waals surface area contributed by atoms with E-state index in [0.717, 1.165) is 21.5 Å². The topological polar surface area (TPSA) is 12.0 Å². The molecule has 0 amide bonds. The van der Waals surface area contributed by atoms with Gasteiger partial charge >= 0.3 is 0 Å². The van der Waals surface area contributed by atoms with Gasteiger partial charge in [0.25, 0.3) is 0 Å². The molecule has 1 nitrogen and oxygen atoms in total. The SMILES string of the molecule is CNC(Cc1sccc1Br)c1cc(Cl)ccc1Cl. The maximum atomic E-state index is 6.24. The van der Waals surface area contributed by atoms with Crippen LogP contribution >= 0.6 is 50.5 Å². The first-order valence-corrected chi connectivity index (χ1v) is 7.88. The van der Waals surface area contributed by atoms with Crippen LogP contribution in [0.25, 0.3) is 0 Å². The van der Waals surface area contributed by atoms with Crippen LogP contribution in [0.2, 0.25) is 10.0 Å². The van der Waals surface area contributed by atoms with E-state index in [1.165, 1.54) is 4.88 Å². The molecule has 0 fully saturated rings. The minimum Gasteiger partial charge on any atom is -0.313 e. The van der Waals surface area contributed by atoms with E-state index in [2.05, 4.69) is 32.7 Å². The summed E-state index contributed by atoms with van der Waals surface area (Å²) in [6.45, 7) is 0. The van der Waals surface area contributed by atoms with Crippen LogP contribution in [-0.2, 0) is 6.42 Å². The van der Waals surface area contributed by atoms with Crippen LogP contribution < -0.4 is 5.32 Å².